The van der Waals surface area contributed by atoms with Gasteiger partial charge >= 0.3 is 12.4 Å². The number of nitrogens with zero attached hydrogens (tertiary/aromatic N) is 2. The topological polar surface area (TPSA) is 27.0 Å². The molecule has 8 heteroatoms. The standard InChI is InChI=1S/C28H35F6N.C2H3N/c1-2-18-35(20-17-21-8-4-3-5-9-21)19-7-10-22-13-15-23(16-14-22)26-24(27(29,30)31)11-6-12-25(26)28(32,33)34;1-2-3/h3-5,8-9,13-16,24-26H,2,6-7,10-12,17-20H2,1H3;1H3. The van der Waals surface area contributed by atoms with Crippen molar-refractivity contribution in [2.75, 3.05) is 19.6 Å². The molecular formula is C30H38F6N2. The molecule has 0 bridgehead atoms. The number of halogens is 6. The van der Waals surface area contributed by atoms with Gasteiger partial charge in [-0.1, -0.05) is 67.9 Å². The zero-order valence-corrected chi connectivity index (χ0v) is 22.2. The Kier molecular flexibility index (Phi) is 12.6. The molecule has 0 amide bonds. The number of rotatable bonds is 10. The van der Waals surface area contributed by atoms with Gasteiger partial charge < -0.3 is 4.90 Å². The smallest absolute Gasteiger partial charge is 0.303 e. The number of hydrogen-bond acceptors (Lipinski definition) is 2. The summed E-state index contributed by atoms with van der Waals surface area (Å²) in [5, 5.41) is 7.32. The van der Waals surface area contributed by atoms with Crippen molar-refractivity contribution in [1.82, 2.24) is 4.90 Å². The van der Waals surface area contributed by atoms with E-state index >= 15 is 0 Å². The maximum absolute atomic E-state index is 13.6. The molecule has 1 aliphatic carbocycles. The number of benzene rings is 2. The van der Waals surface area contributed by atoms with E-state index in [0.717, 1.165) is 50.9 Å². The molecule has 38 heavy (non-hydrogen) atoms. The summed E-state index contributed by atoms with van der Waals surface area (Å²) in [7, 11) is 0. The van der Waals surface area contributed by atoms with Crippen molar-refractivity contribution in [2.24, 2.45) is 11.8 Å². The molecule has 0 aromatic heterocycles. The van der Waals surface area contributed by atoms with Crippen LogP contribution in [0.5, 0.6) is 0 Å². The third kappa shape index (κ3) is 9.98. The molecule has 2 nitrogen and oxygen atoms in total. The minimum Gasteiger partial charge on any atom is -0.303 e. The van der Waals surface area contributed by atoms with Crippen molar-refractivity contribution in [3.05, 3.63) is 71.3 Å². The molecule has 1 saturated carbocycles. The van der Waals surface area contributed by atoms with E-state index in [-0.39, 0.29) is 24.8 Å². The summed E-state index contributed by atoms with van der Waals surface area (Å²) in [5.41, 5.74) is 2.38. The van der Waals surface area contributed by atoms with Gasteiger partial charge in [0.25, 0.3) is 0 Å². The van der Waals surface area contributed by atoms with Gasteiger partial charge in [0, 0.05) is 19.4 Å². The summed E-state index contributed by atoms with van der Waals surface area (Å²) in [6.07, 6.45) is -6.20. The van der Waals surface area contributed by atoms with Crippen molar-refractivity contribution >= 4 is 0 Å². The summed E-state index contributed by atoms with van der Waals surface area (Å²) < 4.78 is 81.7. The molecule has 3 rings (SSSR count). The van der Waals surface area contributed by atoms with Crippen LogP contribution in [0.3, 0.4) is 0 Å². The van der Waals surface area contributed by atoms with E-state index in [0.29, 0.717) is 0 Å². The predicted molar refractivity (Wildman–Crippen MR) is 139 cm³/mol. The first-order chi connectivity index (χ1) is 18.0. The van der Waals surface area contributed by atoms with Gasteiger partial charge in [-0.3, -0.25) is 0 Å². The summed E-state index contributed by atoms with van der Waals surface area (Å²) in [6.45, 7) is 6.42. The lowest BCUT2D eigenvalue weighted by Gasteiger charge is -2.40. The minimum atomic E-state index is -4.64. The van der Waals surface area contributed by atoms with Crippen LogP contribution in [0.4, 0.5) is 26.3 Å². The second-order valence-electron chi connectivity index (χ2n) is 9.90. The fourth-order valence-electron chi connectivity index (χ4n) is 5.39. The summed E-state index contributed by atoms with van der Waals surface area (Å²) in [4.78, 5) is 2.41. The van der Waals surface area contributed by atoms with Crippen LogP contribution in [0.2, 0.25) is 0 Å². The van der Waals surface area contributed by atoms with Crippen molar-refractivity contribution < 1.29 is 26.3 Å². The van der Waals surface area contributed by atoms with Crippen molar-refractivity contribution in [3.63, 3.8) is 0 Å². The monoisotopic (exact) mass is 540 g/mol. The molecule has 1 fully saturated rings. The lowest BCUT2D eigenvalue weighted by Crippen LogP contribution is -2.42. The Morgan fingerprint density at radius 1 is 0.789 bits per heavy atom. The average molecular weight is 541 g/mol. The molecule has 2 aromatic carbocycles. The number of hydrogen-bond donors (Lipinski definition) is 0. The molecule has 0 aliphatic heterocycles. The maximum atomic E-state index is 13.6. The van der Waals surface area contributed by atoms with Crippen LogP contribution in [0, 0.1) is 23.2 Å². The third-order valence-electron chi connectivity index (χ3n) is 7.14. The molecule has 0 N–H and O–H groups in total. The highest BCUT2D eigenvalue weighted by Gasteiger charge is 2.56. The molecule has 2 unspecified atom stereocenters. The number of aryl methyl sites for hydroxylation is 1. The van der Waals surface area contributed by atoms with Gasteiger partial charge in [-0.15, -0.1) is 0 Å². The third-order valence-corrected chi connectivity index (χ3v) is 7.14. The lowest BCUT2D eigenvalue weighted by molar-refractivity contribution is -0.231. The number of alkyl halides is 6. The van der Waals surface area contributed by atoms with E-state index in [1.165, 1.54) is 24.6 Å². The summed E-state index contributed by atoms with van der Waals surface area (Å²) >= 11 is 0. The second kappa shape index (κ2) is 15.2. The molecule has 0 radical (unpaired) electrons. The molecule has 0 heterocycles. The Bertz CT molecular complexity index is 941. The largest absolute Gasteiger partial charge is 0.392 e. The zero-order chi connectivity index (χ0) is 28.2. The lowest BCUT2D eigenvalue weighted by atomic mass is 9.68. The van der Waals surface area contributed by atoms with E-state index in [1.807, 2.05) is 18.2 Å². The van der Waals surface area contributed by atoms with E-state index < -0.39 is 30.1 Å². The highest BCUT2D eigenvalue weighted by atomic mass is 19.4. The van der Waals surface area contributed by atoms with Gasteiger partial charge in [0.05, 0.1) is 17.9 Å². The van der Waals surface area contributed by atoms with Gasteiger partial charge in [0.2, 0.25) is 0 Å². The second-order valence-corrected chi connectivity index (χ2v) is 9.90. The zero-order valence-electron chi connectivity index (χ0n) is 22.2. The first kappa shape index (κ1) is 31.7. The molecule has 0 spiro atoms. The Balaban J connectivity index is 0.00000161. The van der Waals surface area contributed by atoms with Gasteiger partial charge in [-0.25, -0.2) is 0 Å². The molecule has 2 atom stereocenters. The Hall–Kier alpha value is -2.53. The van der Waals surface area contributed by atoms with E-state index in [4.69, 9.17) is 5.26 Å². The van der Waals surface area contributed by atoms with E-state index in [1.54, 1.807) is 18.2 Å². The first-order valence-corrected chi connectivity index (χ1v) is 13.3. The molecule has 2 aromatic rings. The van der Waals surface area contributed by atoms with Gasteiger partial charge in [-0.05, 0) is 68.3 Å². The van der Waals surface area contributed by atoms with Crippen LogP contribution >= 0.6 is 0 Å². The van der Waals surface area contributed by atoms with Crippen LogP contribution < -0.4 is 0 Å². The Labute approximate surface area is 222 Å². The molecule has 1 aliphatic rings. The van der Waals surface area contributed by atoms with E-state index in [2.05, 4.69) is 24.0 Å². The highest BCUT2D eigenvalue weighted by Crippen LogP contribution is 2.53. The minimum absolute atomic E-state index is 0.0541. The molecular weight excluding hydrogens is 502 g/mol. The fraction of sp³-hybridized carbons (Fsp3) is 0.567. The van der Waals surface area contributed by atoms with Gasteiger partial charge in [-0.2, -0.15) is 31.6 Å². The Morgan fingerprint density at radius 3 is 1.82 bits per heavy atom. The molecule has 0 saturated heterocycles. The van der Waals surface area contributed by atoms with Crippen LogP contribution in [0.15, 0.2) is 54.6 Å². The van der Waals surface area contributed by atoms with E-state index in [9.17, 15) is 26.3 Å². The Morgan fingerprint density at radius 2 is 1.32 bits per heavy atom. The SMILES string of the molecule is CC#N.CCCN(CCCc1ccc(C2C(C(F)(F)F)CCCC2C(F)(F)F)cc1)CCc1ccccc1. The van der Waals surface area contributed by atoms with Crippen molar-refractivity contribution in [2.45, 2.75) is 77.1 Å². The normalized spacial score (nSPS) is 19.9. The first-order valence-electron chi connectivity index (χ1n) is 13.3. The average Bonchev–Trinajstić information content (AvgIpc) is 2.87. The summed E-state index contributed by atoms with van der Waals surface area (Å²) in [5.74, 6) is -5.49. The fourth-order valence-corrected chi connectivity index (χ4v) is 5.39. The van der Waals surface area contributed by atoms with Gasteiger partial charge in [0.15, 0.2) is 0 Å². The molecule has 210 valence electrons. The van der Waals surface area contributed by atoms with Crippen molar-refractivity contribution in [1.29, 1.82) is 5.26 Å². The summed E-state index contributed by atoms with van der Waals surface area (Å²) in [6, 6.07) is 18.4. The van der Waals surface area contributed by atoms with Gasteiger partial charge in [0.1, 0.15) is 0 Å². The van der Waals surface area contributed by atoms with Crippen LogP contribution in [-0.2, 0) is 12.8 Å². The maximum Gasteiger partial charge on any atom is 0.392 e. The van der Waals surface area contributed by atoms with Crippen LogP contribution in [0.25, 0.3) is 0 Å². The highest BCUT2D eigenvalue weighted by molar-refractivity contribution is 5.28. The van der Waals surface area contributed by atoms with Crippen LogP contribution in [0.1, 0.15) is 68.6 Å². The predicted octanol–water partition coefficient (Wildman–Crippen LogP) is 8.73. The number of nitriles is 1. The van der Waals surface area contributed by atoms with Crippen molar-refractivity contribution in [3.8, 4) is 6.07 Å². The quantitative estimate of drug-likeness (QED) is 0.282. The van der Waals surface area contributed by atoms with Crippen LogP contribution in [-0.4, -0.2) is 36.9 Å².